The van der Waals surface area contributed by atoms with Gasteiger partial charge in [0, 0.05) is 5.56 Å². The lowest BCUT2D eigenvalue weighted by molar-refractivity contribution is 0.0516. The Bertz CT molecular complexity index is 449. The number of ether oxygens (including phenoxy) is 1. The van der Waals surface area contributed by atoms with E-state index in [1.807, 2.05) is 0 Å². The average molecular weight is 251 g/mol. The fourth-order valence-corrected chi connectivity index (χ4v) is 2.10. The molecule has 0 aromatic carbocycles. The van der Waals surface area contributed by atoms with Crippen LogP contribution in [-0.4, -0.2) is 22.4 Å². The van der Waals surface area contributed by atoms with Gasteiger partial charge in [-0.05, 0) is 32.1 Å². The van der Waals surface area contributed by atoms with Crippen LogP contribution < -0.4 is 5.73 Å². The number of anilines is 1. The van der Waals surface area contributed by atoms with Crippen LogP contribution in [-0.2, 0) is 4.74 Å². The molecule has 1 aliphatic carbocycles. The molecule has 5 nitrogen and oxygen atoms in total. The van der Waals surface area contributed by atoms with Crippen LogP contribution in [0.25, 0.3) is 0 Å². The lowest BCUT2D eigenvalue weighted by atomic mass is 9.98. The van der Waals surface area contributed by atoms with Gasteiger partial charge < -0.3 is 10.5 Å². The molecular formula is C13H21N3O2. The molecule has 1 aromatic rings. The Morgan fingerprint density at radius 2 is 2.22 bits per heavy atom. The van der Waals surface area contributed by atoms with Crippen molar-refractivity contribution in [1.29, 1.82) is 0 Å². The van der Waals surface area contributed by atoms with Crippen molar-refractivity contribution in [3.05, 3.63) is 11.3 Å². The highest BCUT2D eigenvalue weighted by Crippen LogP contribution is 2.39. The van der Waals surface area contributed by atoms with Gasteiger partial charge >= 0.3 is 5.97 Å². The second-order valence-electron chi connectivity index (χ2n) is 4.85. The van der Waals surface area contributed by atoms with E-state index in [9.17, 15) is 4.79 Å². The minimum absolute atomic E-state index is 0.219. The molecule has 2 N–H and O–H groups in total. The van der Waals surface area contributed by atoms with Gasteiger partial charge in [-0.3, -0.25) is 0 Å². The van der Waals surface area contributed by atoms with Gasteiger partial charge in [-0.2, -0.15) is 5.10 Å². The van der Waals surface area contributed by atoms with Crippen molar-refractivity contribution in [2.45, 2.75) is 52.0 Å². The van der Waals surface area contributed by atoms with Crippen molar-refractivity contribution in [2.75, 3.05) is 12.3 Å². The molecule has 0 bridgehead atoms. The standard InChI is InChI=1S/C13H21N3O2/c1-4-8(3)10-11(13(17)18-5-2)15-16(12(10)14)9-6-7-9/h8-9H,4-7,14H2,1-3H3. The SMILES string of the molecule is CCOC(=O)c1nn(C2CC2)c(N)c1C(C)CC. The van der Waals surface area contributed by atoms with Crippen molar-refractivity contribution in [3.8, 4) is 0 Å². The minimum atomic E-state index is -0.362. The van der Waals surface area contributed by atoms with Gasteiger partial charge in [0.2, 0.25) is 0 Å². The van der Waals surface area contributed by atoms with Gasteiger partial charge in [-0.15, -0.1) is 0 Å². The first-order chi connectivity index (χ1) is 8.60. The first kappa shape index (κ1) is 12.9. The summed E-state index contributed by atoms with van der Waals surface area (Å²) in [6.07, 6.45) is 3.11. The molecule has 0 amide bonds. The molecule has 1 atom stereocenters. The zero-order chi connectivity index (χ0) is 13.3. The van der Waals surface area contributed by atoms with E-state index >= 15 is 0 Å². The largest absolute Gasteiger partial charge is 0.461 e. The highest BCUT2D eigenvalue weighted by molar-refractivity contribution is 5.90. The fraction of sp³-hybridized carbons (Fsp3) is 0.692. The maximum absolute atomic E-state index is 11.9. The summed E-state index contributed by atoms with van der Waals surface area (Å²) in [6.45, 7) is 6.29. The van der Waals surface area contributed by atoms with Gasteiger partial charge in [0.1, 0.15) is 5.82 Å². The molecule has 2 rings (SSSR count). The van der Waals surface area contributed by atoms with E-state index < -0.39 is 0 Å². The number of carbonyl (C=O) groups excluding carboxylic acids is 1. The van der Waals surface area contributed by atoms with Crippen LogP contribution in [0.5, 0.6) is 0 Å². The van der Waals surface area contributed by atoms with Crippen LogP contribution in [0, 0.1) is 0 Å². The molecule has 5 heteroatoms. The maximum atomic E-state index is 11.9. The van der Waals surface area contributed by atoms with E-state index in [2.05, 4.69) is 18.9 Å². The maximum Gasteiger partial charge on any atom is 0.359 e. The Balaban J connectivity index is 2.42. The van der Waals surface area contributed by atoms with E-state index in [4.69, 9.17) is 10.5 Å². The first-order valence-corrected chi connectivity index (χ1v) is 6.65. The summed E-state index contributed by atoms with van der Waals surface area (Å²) in [5, 5.41) is 4.38. The molecule has 18 heavy (non-hydrogen) atoms. The van der Waals surface area contributed by atoms with Crippen molar-refractivity contribution >= 4 is 11.8 Å². The Hall–Kier alpha value is -1.52. The highest BCUT2D eigenvalue weighted by Gasteiger charge is 2.32. The number of nitrogens with two attached hydrogens (primary N) is 1. The summed E-state index contributed by atoms with van der Waals surface area (Å²) in [7, 11) is 0. The molecule has 0 saturated heterocycles. The van der Waals surface area contributed by atoms with Crippen LogP contribution in [0.15, 0.2) is 0 Å². The molecule has 1 saturated carbocycles. The molecular weight excluding hydrogens is 230 g/mol. The lowest BCUT2D eigenvalue weighted by Gasteiger charge is -2.10. The lowest BCUT2D eigenvalue weighted by Crippen LogP contribution is -2.10. The fourth-order valence-electron chi connectivity index (χ4n) is 2.10. The Labute approximate surface area is 107 Å². The summed E-state index contributed by atoms with van der Waals surface area (Å²) in [4.78, 5) is 11.9. The van der Waals surface area contributed by atoms with Gasteiger partial charge in [0.25, 0.3) is 0 Å². The first-order valence-electron chi connectivity index (χ1n) is 6.65. The number of carbonyl (C=O) groups is 1. The van der Waals surface area contributed by atoms with Crippen LogP contribution >= 0.6 is 0 Å². The monoisotopic (exact) mass is 251 g/mol. The number of esters is 1. The van der Waals surface area contributed by atoms with Gasteiger partial charge in [-0.1, -0.05) is 13.8 Å². The number of nitrogen functional groups attached to an aromatic ring is 1. The predicted octanol–water partition coefficient (Wildman–Crippen LogP) is 2.49. The van der Waals surface area contributed by atoms with E-state index in [-0.39, 0.29) is 11.9 Å². The summed E-state index contributed by atoms with van der Waals surface area (Å²) in [6, 6.07) is 0.371. The average Bonchev–Trinajstić information content (AvgIpc) is 3.13. The highest BCUT2D eigenvalue weighted by atomic mass is 16.5. The number of nitrogens with zero attached hydrogens (tertiary/aromatic N) is 2. The van der Waals surface area contributed by atoms with Crippen molar-refractivity contribution in [1.82, 2.24) is 9.78 Å². The molecule has 0 spiro atoms. The zero-order valence-electron chi connectivity index (χ0n) is 11.3. The Morgan fingerprint density at radius 1 is 1.56 bits per heavy atom. The zero-order valence-corrected chi connectivity index (χ0v) is 11.3. The number of hydrogen-bond acceptors (Lipinski definition) is 4. The van der Waals surface area contributed by atoms with Gasteiger partial charge in [-0.25, -0.2) is 9.48 Å². The summed E-state index contributed by atoms with van der Waals surface area (Å²) >= 11 is 0. The van der Waals surface area contributed by atoms with Gasteiger partial charge in [0.15, 0.2) is 5.69 Å². The summed E-state index contributed by atoms with van der Waals surface area (Å²) in [5.41, 5.74) is 7.40. The molecule has 1 unspecified atom stereocenters. The van der Waals surface area contributed by atoms with Crippen LogP contribution in [0.3, 0.4) is 0 Å². The summed E-state index contributed by atoms with van der Waals surface area (Å²) < 4.78 is 6.86. The van der Waals surface area contributed by atoms with Crippen molar-refractivity contribution in [3.63, 3.8) is 0 Å². The molecule has 1 aliphatic rings. The molecule has 100 valence electrons. The van der Waals surface area contributed by atoms with Crippen LogP contribution in [0.4, 0.5) is 5.82 Å². The quantitative estimate of drug-likeness (QED) is 0.816. The van der Waals surface area contributed by atoms with Gasteiger partial charge in [0.05, 0.1) is 12.6 Å². The summed E-state index contributed by atoms with van der Waals surface area (Å²) in [5.74, 6) is 0.491. The third kappa shape index (κ3) is 2.21. The number of aromatic nitrogens is 2. The Morgan fingerprint density at radius 3 is 2.72 bits per heavy atom. The van der Waals surface area contributed by atoms with Crippen LogP contribution in [0.1, 0.15) is 68.0 Å². The predicted molar refractivity (Wildman–Crippen MR) is 69.6 cm³/mol. The van der Waals surface area contributed by atoms with Crippen molar-refractivity contribution < 1.29 is 9.53 Å². The topological polar surface area (TPSA) is 70.1 Å². The van der Waals surface area contributed by atoms with Crippen LogP contribution in [0.2, 0.25) is 0 Å². The Kier molecular flexibility index (Phi) is 3.59. The van der Waals surface area contributed by atoms with E-state index in [0.717, 1.165) is 24.8 Å². The number of hydrogen-bond donors (Lipinski definition) is 1. The second-order valence-corrected chi connectivity index (χ2v) is 4.85. The smallest absolute Gasteiger partial charge is 0.359 e. The van der Waals surface area contributed by atoms with E-state index in [0.29, 0.717) is 24.2 Å². The minimum Gasteiger partial charge on any atom is -0.461 e. The van der Waals surface area contributed by atoms with E-state index in [1.165, 1.54) is 0 Å². The van der Waals surface area contributed by atoms with Crippen molar-refractivity contribution in [2.24, 2.45) is 0 Å². The second kappa shape index (κ2) is 5.00. The molecule has 1 fully saturated rings. The number of rotatable bonds is 5. The molecule has 1 aromatic heterocycles. The molecule has 0 aliphatic heterocycles. The molecule has 0 radical (unpaired) electrons. The normalized spacial score (nSPS) is 16.6. The third-order valence-corrected chi connectivity index (χ3v) is 3.45. The molecule has 1 heterocycles. The van der Waals surface area contributed by atoms with E-state index in [1.54, 1.807) is 11.6 Å². The third-order valence-electron chi connectivity index (χ3n) is 3.45.